The Morgan fingerprint density at radius 2 is 1.87 bits per heavy atom. The summed E-state index contributed by atoms with van der Waals surface area (Å²) in [4.78, 5) is 19.0. The van der Waals surface area contributed by atoms with Gasteiger partial charge in [-0.25, -0.2) is 22.9 Å². The molecular weight excluding hydrogens is 531 g/mol. The van der Waals surface area contributed by atoms with E-state index in [0.717, 1.165) is 18.4 Å². The Morgan fingerprint density at radius 1 is 1.16 bits per heavy atom. The van der Waals surface area contributed by atoms with E-state index in [1.165, 1.54) is 12.0 Å². The maximum absolute atomic E-state index is 13.5. The molecule has 1 aromatic rings. The number of amides is 1. The first-order valence-corrected chi connectivity index (χ1v) is 14.6. The largest absolute Gasteiger partial charge is 0.478 e. The average molecular weight is 566 g/mol. The van der Waals surface area contributed by atoms with Gasteiger partial charge in [-0.15, -0.1) is 0 Å². The number of halogens is 3. The number of pyridine rings is 1. The minimum Gasteiger partial charge on any atom is -0.478 e. The lowest BCUT2D eigenvalue weighted by atomic mass is 9.84. The zero-order chi connectivity index (χ0) is 27.5. The van der Waals surface area contributed by atoms with Gasteiger partial charge in [0.05, 0.1) is 56.4 Å². The van der Waals surface area contributed by atoms with Crippen molar-refractivity contribution in [2.75, 3.05) is 39.8 Å². The highest BCUT2D eigenvalue weighted by Crippen LogP contribution is 2.38. The number of methoxy groups -OCH3 is 1. The maximum atomic E-state index is 13.5. The lowest BCUT2D eigenvalue weighted by Crippen LogP contribution is -2.51. The number of nitrogens with one attached hydrogen (secondary N) is 1. The van der Waals surface area contributed by atoms with Crippen LogP contribution in [0.5, 0.6) is 5.88 Å². The lowest BCUT2D eigenvalue weighted by molar-refractivity contribution is -0.137. The number of hydrogen-bond donors (Lipinski definition) is 1. The molecule has 2 unspecified atom stereocenters. The number of ether oxygens (including phenoxy) is 4. The van der Waals surface area contributed by atoms with Gasteiger partial charge in [0.1, 0.15) is 0 Å². The monoisotopic (exact) mass is 565 g/mol. The molecule has 1 aromatic heterocycles. The summed E-state index contributed by atoms with van der Waals surface area (Å²) >= 11 is 0. The highest BCUT2D eigenvalue weighted by Gasteiger charge is 2.46. The van der Waals surface area contributed by atoms with Crippen LogP contribution in [-0.4, -0.2) is 88.4 Å². The van der Waals surface area contributed by atoms with Gasteiger partial charge in [-0.05, 0) is 38.2 Å². The number of rotatable bonds is 4. The maximum Gasteiger partial charge on any atom is 0.416 e. The number of hydrogen-bond acceptors (Lipinski definition) is 8. The van der Waals surface area contributed by atoms with Crippen LogP contribution in [0.3, 0.4) is 0 Å². The fraction of sp³-hybridized carbons (Fsp3) is 0.750. The highest BCUT2D eigenvalue weighted by molar-refractivity contribution is 7.88. The van der Waals surface area contributed by atoms with Crippen molar-refractivity contribution in [1.82, 2.24) is 14.6 Å². The first kappa shape index (κ1) is 28.8. The van der Waals surface area contributed by atoms with Gasteiger partial charge in [-0.2, -0.15) is 13.2 Å². The zero-order valence-electron chi connectivity index (χ0n) is 21.4. The number of sulfonamides is 1. The van der Waals surface area contributed by atoms with Crippen LogP contribution in [0.15, 0.2) is 12.1 Å². The Bertz CT molecular complexity index is 1080. The molecule has 2 fully saturated rings. The normalized spacial score (nSPS) is 29.3. The van der Waals surface area contributed by atoms with Gasteiger partial charge in [-0.1, -0.05) is 0 Å². The second kappa shape index (κ2) is 11.9. The topological polar surface area (TPSA) is 116 Å². The first-order valence-electron chi connectivity index (χ1n) is 12.7. The van der Waals surface area contributed by atoms with Gasteiger partial charge in [0.25, 0.3) is 0 Å². The number of nitrogens with zero attached hydrogens (tertiary/aromatic N) is 2. The van der Waals surface area contributed by atoms with Crippen LogP contribution in [0.25, 0.3) is 0 Å². The second-order valence-electron chi connectivity index (χ2n) is 10.1. The van der Waals surface area contributed by atoms with E-state index in [-0.39, 0.29) is 50.8 Å². The second-order valence-corrected chi connectivity index (χ2v) is 11.8. The van der Waals surface area contributed by atoms with Crippen molar-refractivity contribution in [2.24, 2.45) is 0 Å². The van der Waals surface area contributed by atoms with Crippen LogP contribution >= 0.6 is 0 Å². The number of carbonyl (C=O) groups excluding carboxylic acids is 1. The first-order chi connectivity index (χ1) is 17.9. The summed E-state index contributed by atoms with van der Waals surface area (Å²) in [5.41, 5.74) is -0.472. The van der Waals surface area contributed by atoms with E-state index in [9.17, 15) is 26.4 Å². The molecule has 214 valence electrons. The quantitative estimate of drug-likeness (QED) is 0.592. The van der Waals surface area contributed by atoms with Crippen LogP contribution in [0.1, 0.15) is 55.7 Å². The molecule has 4 heterocycles. The molecule has 10 nitrogen and oxygen atoms in total. The van der Waals surface area contributed by atoms with Gasteiger partial charge in [0.15, 0.2) is 0 Å². The molecule has 3 aliphatic heterocycles. The van der Waals surface area contributed by atoms with Gasteiger partial charge in [0.2, 0.25) is 15.9 Å². The molecule has 0 aromatic carbocycles. The van der Waals surface area contributed by atoms with Crippen molar-refractivity contribution in [3.63, 3.8) is 0 Å². The van der Waals surface area contributed by atoms with E-state index >= 15 is 0 Å². The van der Waals surface area contributed by atoms with Gasteiger partial charge < -0.3 is 18.9 Å². The molecule has 38 heavy (non-hydrogen) atoms. The molecule has 4 aliphatic rings. The molecule has 1 aliphatic carbocycles. The molecule has 1 saturated carbocycles. The zero-order valence-corrected chi connectivity index (χ0v) is 22.2. The number of fused-ring (bicyclic) bond motifs is 8. The summed E-state index contributed by atoms with van der Waals surface area (Å²) in [6.45, 7) is 0.210. The molecule has 1 saturated heterocycles. The van der Waals surface area contributed by atoms with Crippen molar-refractivity contribution in [3.05, 3.63) is 23.4 Å². The van der Waals surface area contributed by atoms with E-state index in [0.29, 0.717) is 37.8 Å². The standard InChI is InChI=1S/C24H34F3N3O7S/c1-34-13-17-12-20(29-38(2,32)33)21-14-37-18-6-4-15(5-7-18)19-10-16(24(25,26)27)11-22(28-19)35-8-3-9-36-23(31)30(17)21/h10-11,15,17-18,20-21,29H,3-9,12-14H2,1-2H3/t15?,17?,18?,20?,21-/m0/s1. The molecule has 5 rings (SSSR count). The third-order valence-corrected chi connectivity index (χ3v) is 7.92. The molecule has 0 spiro atoms. The summed E-state index contributed by atoms with van der Waals surface area (Å²) in [6.07, 6.45) is -1.44. The summed E-state index contributed by atoms with van der Waals surface area (Å²) in [7, 11) is -2.07. The van der Waals surface area contributed by atoms with E-state index in [1.807, 2.05) is 0 Å². The molecule has 1 amide bonds. The predicted octanol–water partition coefficient (Wildman–Crippen LogP) is 3.07. The summed E-state index contributed by atoms with van der Waals surface area (Å²) in [6, 6.07) is 0.333. The van der Waals surface area contributed by atoms with Gasteiger partial charge in [-0.3, -0.25) is 4.90 Å². The molecule has 3 atom stereocenters. The minimum absolute atomic E-state index is 0.0000689. The SMILES string of the molecule is COCC1CC(NS(C)(=O)=O)[C@@H]2COC3CCC(CC3)c3cc(C(F)(F)F)cc(n3)OCCCOC(=O)N12. The summed E-state index contributed by atoms with van der Waals surface area (Å²) in [5.74, 6) is -0.285. The summed E-state index contributed by atoms with van der Waals surface area (Å²) in [5, 5.41) is 0. The highest BCUT2D eigenvalue weighted by atomic mass is 32.2. The molecular formula is C24H34F3N3O7S. The molecule has 1 N–H and O–H groups in total. The van der Waals surface area contributed by atoms with Crippen LogP contribution in [0.4, 0.5) is 18.0 Å². The number of alkyl halides is 3. The smallest absolute Gasteiger partial charge is 0.416 e. The Kier molecular flexibility index (Phi) is 9.05. The van der Waals surface area contributed by atoms with E-state index in [1.54, 1.807) is 0 Å². The van der Waals surface area contributed by atoms with Gasteiger partial charge >= 0.3 is 12.3 Å². The van der Waals surface area contributed by atoms with Gasteiger partial charge in [0, 0.05) is 37.3 Å². The van der Waals surface area contributed by atoms with E-state index < -0.39 is 46.0 Å². The average Bonchev–Trinajstić information content (AvgIpc) is 3.16. The Labute approximate surface area is 220 Å². The van der Waals surface area contributed by atoms with Crippen molar-refractivity contribution in [3.8, 4) is 5.88 Å². The fourth-order valence-electron chi connectivity index (χ4n) is 5.45. The van der Waals surface area contributed by atoms with E-state index in [2.05, 4.69) is 9.71 Å². The fourth-order valence-corrected chi connectivity index (χ4v) is 6.26. The van der Waals surface area contributed by atoms with Crippen molar-refractivity contribution in [2.45, 2.75) is 74.8 Å². The minimum atomic E-state index is -4.54. The summed E-state index contributed by atoms with van der Waals surface area (Å²) < 4.78 is 89.8. The Balaban J connectivity index is 1.57. The third kappa shape index (κ3) is 7.27. The van der Waals surface area contributed by atoms with Crippen LogP contribution in [0, 0.1) is 0 Å². The lowest BCUT2D eigenvalue weighted by Gasteiger charge is -2.33. The van der Waals surface area contributed by atoms with Crippen molar-refractivity contribution >= 4 is 16.1 Å². The molecule has 4 bridgehead atoms. The van der Waals surface area contributed by atoms with Crippen LogP contribution < -0.4 is 9.46 Å². The number of carbonyl (C=O) groups is 1. The molecule has 0 radical (unpaired) electrons. The Morgan fingerprint density at radius 3 is 2.53 bits per heavy atom. The van der Waals surface area contributed by atoms with Crippen molar-refractivity contribution in [1.29, 1.82) is 0 Å². The van der Waals surface area contributed by atoms with Crippen LogP contribution in [-0.2, 0) is 30.4 Å². The van der Waals surface area contributed by atoms with Crippen molar-refractivity contribution < 1.29 is 45.3 Å². The van der Waals surface area contributed by atoms with Crippen LogP contribution in [0.2, 0.25) is 0 Å². The predicted molar refractivity (Wildman–Crippen MR) is 129 cm³/mol. The molecule has 14 heteroatoms. The number of aromatic nitrogens is 1. The Hall–Kier alpha value is -2.16. The third-order valence-electron chi connectivity index (χ3n) is 7.18. The van der Waals surface area contributed by atoms with E-state index in [4.69, 9.17) is 18.9 Å².